The molecule has 0 atom stereocenters. The van der Waals surface area contributed by atoms with Crippen molar-refractivity contribution in [3.8, 4) is 0 Å². The van der Waals surface area contributed by atoms with Crippen LogP contribution in [0.5, 0.6) is 0 Å². The lowest BCUT2D eigenvalue weighted by atomic mass is 9.99. The number of hydrogen-bond donors (Lipinski definition) is 0. The molecule has 25 heavy (non-hydrogen) atoms. The van der Waals surface area contributed by atoms with Gasteiger partial charge in [-0.1, -0.05) is 57.9 Å². The number of carbonyl (C=O) groups excluding carboxylic acids is 1. The Hall–Kier alpha value is -1.36. The van der Waals surface area contributed by atoms with E-state index in [0.717, 1.165) is 42.6 Å². The van der Waals surface area contributed by atoms with Crippen molar-refractivity contribution < 1.29 is 9.53 Å². The van der Waals surface area contributed by atoms with Crippen LogP contribution in [0, 0.1) is 5.92 Å². The van der Waals surface area contributed by atoms with Crippen LogP contribution in [-0.2, 0) is 11.3 Å². The van der Waals surface area contributed by atoms with Crippen LogP contribution in [0.1, 0.15) is 28.8 Å². The first-order valence-corrected chi connectivity index (χ1v) is 9.66. The van der Waals surface area contributed by atoms with Gasteiger partial charge in [0.1, 0.15) is 0 Å². The molecule has 1 saturated heterocycles. The van der Waals surface area contributed by atoms with E-state index in [-0.39, 0.29) is 5.91 Å². The summed E-state index contributed by atoms with van der Waals surface area (Å²) < 4.78 is 6.30. The summed E-state index contributed by atoms with van der Waals surface area (Å²) in [6, 6.07) is 15.5. The minimum absolute atomic E-state index is 0.0263. The maximum absolute atomic E-state index is 13.2. The van der Waals surface area contributed by atoms with E-state index in [2.05, 4.69) is 15.9 Å². The molecule has 0 unspecified atom stereocenters. The Morgan fingerprint density at radius 2 is 1.88 bits per heavy atom. The third-order valence-corrected chi connectivity index (χ3v) is 5.30. The zero-order valence-electron chi connectivity index (χ0n) is 14.0. The number of amides is 1. The van der Waals surface area contributed by atoms with Crippen LogP contribution in [0.15, 0.2) is 53.0 Å². The molecule has 0 spiro atoms. The number of ether oxygens (including phenoxy) is 1. The van der Waals surface area contributed by atoms with Crippen molar-refractivity contribution in [1.82, 2.24) is 4.90 Å². The fourth-order valence-electron chi connectivity index (χ4n) is 3.10. The van der Waals surface area contributed by atoms with E-state index in [1.807, 2.05) is 41.3 Å². The van der Waals surface area contributed by atoms with Crippen LogP contribution in [-0.4, -0.2) is 30.6 Å². The predicted molar refractivity (Wildman–Crippen MR) is 104 cm³/mol. The van der Waals surface area contributed by atoms with Crippen LogP contribution in [0.4, 0.5) is 0 Å². The second kappa shape index (κ2) is 8.84. The van der Waals surface area contributed by atoms with E-state index in [1.165, 1.54) is 0 Å². The molecular weight excluding hydrogens is 402 g/mol. The average molecular weight is 423 g/mol. The zero-order chi connectivity index (χ0) is 17.6. The number of carbonyl (C=O) groups is 1. The number of nitrogens with zero attached hydrogens (tertiary/aromatic N) is 1. The molecule has 132 valence electrons. The highest BCUT2D eigenvalue weighted by atomic mass is 79.9. The lowest BCUT2D eigenvalue weighted by molar-refractivity contribution is 0.0446. The van der Waals surface area contributed by atoms with Crippen LogP contribution < -0.4 is 0 Å². The van der Waals surface area contributed by atoms with E-state index in [1.54, 1.807) is 12.1 Å². The minimum Gasteiger partial charge on any atom is -0.381 e. The molecule has 1 fully saturated rings. The normalized spacial score (nSPS) is 15.1. The summed E-state index contributed by atoms with van der Waals surface area (Å²) in [4.78, 5) is 15.1. The van der Waals surface area contributed by atoms with Gasteiger partial charge < -0.3 is 9.64 Å². The molecule has 0 aromatic heterocycles. The Morgan fingerprint density at radius 1 is 1.16 bits per heavy atom. The zero-order valence-corrected chi connectivity index (χ0v) is 16.3. The van der Waals surface area contributed by atoms with Crippen molar-refractivity contribution in [1.29, 1.82) is 0 Å². The maximum atomic E-state index is 13.2. The third-order valence-electron chi connectivity index (χ3n) is 4.48. The molecule has 0 N–H and O–H groups in total. The second-order valence-electron chi connectivity index (χ2n) is 6.35. The molecule has 2 aromatic carbocycles. The van der Waals surface area contributed by atoms with E-state index in [9.17, 15) is 4.79 Å². The van der Waals surface area contributed by atoms with Crippen LogP contribution in [0.2, 0.25) is 5.02 Å². The van der Waals surface area contributed by atoms with E-state index in [0.29, 0.717) is 23.0 Å². The molecule has 2 aromatic rings. The van der Waals surface area contributed by atoms with Gasteiger partial charge in [-0.3, -0.25) is 4.79 Å². The van der Waals surface area contributed by atoms with Crippen LogP contribution in [0.25, 0.3) is 0 Å². The highest BCUT2D eigenvalue weighted by molar-refractivity contribution is 9.10. The molecule has 1 heterocycles. The Morgan fingerprint density at radius 3 is 2.60 bits per heavy atom. The maximum Gasteiger partial charge on any atom is 0.255 e. The largest absolute Gasteiger partial charge is 0.381 e. The summed E-state index contributed by atoms with van der Waals surface area (Å²) in [5.41, 5.74) is 1.66. The smallest absolute Gasteiger partial charge is 0.255 e. The molecule has 0 bridgehead atoms. The molecule has 1 amide bonds. The minimum atomic E-state index is -0.0263. The topological polar surface area (TPSA) is 29.5 Å². The summed E-state index contributed by atoms with van der Waals surface area (Å²) in [6.07, 6.45) is 1.98. The van der Waals surface area contributed by atoms with Gasteiger partial charge >= 0.3 is 0 Å². The molecule has 3 nitrogen and oxygen atoms in total. The molecule has 5 heteroatoms. The summed E-state index contributed by atoms with van der Waals surface area (Å²) in [5, 5.41) is 0.484. The van der Waals surface area contributed by atoms with Gasteiger partial charge in [0.15, 0.2) is 0 Å². The molecule has 0 radical (unpaired) electrons. The van der Waals surface area contributed by atoms with Gasteiger partial charge in [0, 0.05) is 30.8 Å². The summed E-state index contributed by atoms with van der Waals surface area (Å²) in [6.45, 7) is 2.85. The van der Waals surface area contributed by atoms with Crippen molar-refractivity contribution in [2.45, 2.75) is 19.4 Å². The van der Waals surface area contributed by atoms with Gasteiger partial charge in [0.2, 0.25) is 0 Å². The van der Waals surface area contributed by atoms with Crippen molar-refractivity contribution in [2.24, 2.45) is 5.92 Å². The molecule has 0 aliphatic carbocycles. The van der Waals surface area contributed by atoms with Crippen LogP contribution >= 0.6 is 27.5 Å². The van der Waals surface area contributed by atoms with Crippen molar-refractivity contribution in [3.63, 3.8) is 0 Å². The first-order chi connectivity index (χ1) is 12.1. The van der Waals surface area contributed by atoms with Crippen molar-refractivity contribution in [3.05, 3.63) is 69.2 Å². The molecule has 3 rings (SSSR count). The van der Waals surface area contributed by atoms with Gasteiger partial charge in [0.25, 0.3) is 5.91 Å². The lowest BCUT2D eigenvalue weighted by Gasteiger charge is -2.30. The second-order valence-corrected chi connectivity index (χ2v) is 7.67. The van der Waals surface area contributed by atoms with Gasteiger partial charge in [-0.15, -0.1) is 0 Å². The fourth-order valence-corrected chi connectivity index (χ4v) is 3.65. The monoisotopic (exact) mass is 421 g/mol. The molecule has 0 saturated carbocycles. The lowest BCUT2D eigenvalue weighted by Crippen LogP contribution is -2.37. The fraction of sp³-hybridized carbons (Fsp3) is 0.350. The first-order valence-electron chi connectivity index (χ1n) is 8.49. The Labute approximate surface area is 162 Å². The average Bonchev–Trinajstić information content (AvgIpc) is 2.64. The van der Waals surface area contributed by atoms with Gasteiger partial charge in [0.05, 0.1) is 10.6 Å². The number of halogens is 2. The highest BCUT2D eigenvalue weighted by Crippen LogP contribution is 2.25. The Kier molecular flexibility index (Phi) is 6.51. The number of rotatable bonds is 5. The van der Waals surface area contributed by atoms with Crippen molar-refractivity contribution in [2.75, 3.05) is 19.8 Å². The van der Waals surface area contributed by atoms with Crippen LogP contribution in [0.3, 0.4) is 0 Å². The third kappa shape index (κ3) is 5.06. The van der Waals surface area contributed by atoms with E-state index in [4.69, 9.17) is 16.3 Å². The number of hydrogen-bond acceptors (Lipinski definition) is 2. The standard InChI is InChI=1S/C20H21BrClNO2/c21-17-6-7-19(22)18(12-17)20(24)23(13-15-4-2-1-3-5-15)14-16-8-10-25-11-9-16/h1-7,12,16H,8-11,13-14H2. The summed E-state index contributed by atoms with van der Waals surface area (Å²) >= 11 is 9.73. The summed E-state index contributed by atoms with van der Waals surface area (Å²) in [7, 11) is 0. The Balaban J connectivity index is 1.83. The molecule has 1 aliphatic heterocycles. The van der Waals surface area contributed by atoms with E-state index < -0.39 is 0 Å². The van der Waals surface area contributed by atoms with Gasteiger partial charge in [-0.2, -0.15) is 0 Å². The number of benzene rings is 2. The predicted octanol–water partition coefficient (Wildman–Crippen LogP) is 5.17. The first kappa shape index (κ1) is 18.4. The molecule has 1 aliphatic rings. The van der Waals surface area contributed by atoms with E-state index >= 15 is 0 Å². The Bertz CT molecular complexity index is 717. The SMILES string of the molecule is O=C(c1cc(Br)ccc1Cl)N(Cc1ccccc1)CC1CCOCC1. The van der Waals surface area contributed by atoms with Crippen molar-refractivity contribution >= 4 is 33.4 Å². The van der Waals surface area contributed by atoms with Gasteiger partial charge in [-0.05, 0) is 42.5 Å². The highest BCUT2D eigenvalue weighted by Gasteiger charge is 2.24. The quantitative estimate of drug-likeness (QED) is 0.665. The molecular formula is C20H21BrClNO2. The summed E-state index contributed by atoms with van der Waals surface area (Å²) in [5.74, 6) is 0.439. The van der Waals surface area contributed by atoms with Gasteiger partial charge in [-0.25, -0.2) is 0 Å².